The Morgan fingerprint density at radius 2 is 2.00 bits per heavy atom. The molecule has 1 amide bonds. The molecule has 0 radical (unpaired) electrons. The van der Waals surface area contributed by atoms with Crippen LogP contribution in [-0.4, -0.2) is 31.3 Å². The summed E-state index contributed by atoms with van der Waals surface area (Å²) in [6.07, 6.45) is 1.69. The summed E-state index contributed by atoms with van der Waals surface area (Å²) in [5, 5.41) is 10.1. The minimum Gasteiger partial charge on any atom is -0.284 e. The van der Waals surface area contributed by atoms with E-state index in [1.165, 1.54) is 11.3 Å². The van der Waals surface area contributed by atoms with Crippen LogP contribution in [0.5, 0.6) is 0 Å². The van der Waals surface area contributed by atoms with E-state index in [1.807, 2.05) is 35.9 Å². The van der Waals surface area contributed by atoms with Crippen LogP contribution in [0.3, 0.4) is 0 Å². The highest BCUT2D eigenvalue weighted by atomic mass is 32.2. The van der Waals surface area contributed by atoms with E-state index in [2.05, 4.69) is 9.82 Å². The fourth-order valence-electron chi connectivity index (χ4n) is 3.29. The van der Waals surface area contributed by atoms with E-state index < -0.39 is 10.0 Å². The van der Waals surface area contributed by atoms with Crippen LogP contribution in [0.15, 0.2) is 58.3 Å². The number of nitrogens with zero attached hydrogens (tertiary/aromatic N) is 2. The van der Waals surface area contributed by atoms with Gasteiger partial charge in [0.1, 0.15) is 0 Å². The van der Waals surface area contributed by atoms with E-state index in [-0.39, 0.29) is 11.9 Å². The number of hydrazone groups is 1. The molecular formula is C20H19N3O3S3. The Hall–Kier alpha value is -2.49. The smallest absolute Gasteiger partial charge is 0.284 e. The van der Waals surface area contributed by atoms with Gasteiger partial charge < -0.3 is 0 Å². The molecule has 3 heterocycles. The zero-order valence-corrected chi connectivity index (χ0v) is 18.3. The van der Waals surface area contributed by atoms with Gasteiger partial charge in [-0.25, -0.2) is 13.4 Å². The SMILES string of the molecule is Cc1ccsc1[C@@H]1CC(c2cccc(NS(C)(=O)=O)c2)=NN1C(=O)c1cccs1. The van der Waals surface area contributed by atoms with E-state index in [1.54, 1.807) is 40.6 Å². The molecule has 2 aromatic heterocycles. The van der Waals surface area contributed by atoms with Crippen molar-refractivity contribution >= 4 is 50.0 Å². The third kappa shape index (κ3) is 4.26. The molecule has 0 aliphatic carbocycles. The monoisotopic (exact) mass is 445 g/mol. The Labute approximate surface area is 177 Å². The van der Waals surface area contributed by atoms with Gasteiger partial charge in [0.05, 0.1) is 22.9 Å². The number of benzene rings is 1. The first-order chi connectivity index (χ1) is 13.8. The van der Waals surface area contributed by atoms with Crippen LogP contribution in [-0.2, 0) is 10.0 Å². The van der Waals surface area contributed by atoms with Crippen LogP contribution in [0, 0.1) is 6.92 Å². The largest absolute Gasteiger partial charge is 0.284 e. The van der Waals surface area contributed by atoms with Gasteiger partial charge in [0.15, 0.2) is 0 Å². The van der Waals surface area contributed by atoms with Crippen LogP contribution in [0.4, 0.5) is 5.69 Å². The minimum absolute atomic E-state index is 0.127. The number of nitrogens with one attached hydrogen (secondary N) is 1. The van der Waals surface area contributed by atoms with Gasteiger partial charge >= 0.3 is 0 Å². The molecule has 150 valence electrons. The molecule has 0 fully saturated rings. The molecule has 0 saturated heterocycles. The molecule has 0 unspecified atom stereocenters. The number of anilines is 1. The Morgan fingerprint density at radius 1 is 1.17 bits per heavy atom. The van der Waals surface area contributed by atoms with Gasteiger partial charge in [0.2, 0.25) is 10.0 Å². The molecule has 1 aliphatic rings. The molecule has 9 heteroatoms. The molecule has 1 atom stereocenters. The molecule has 1 N–H and O–H groups in total. The summed E-state index contributed by atoms with van der Waals surface area (Å²) >= 11 is 3.01. The van der Waals surface area contributed by atoms with Crippen LogP contribution >= 0.6 is 22.7 Å². The maximum atomic E-state index is 13.1. The number of thiophene rings is 2. The second kappa shape index (κ2) is 7.74. The van der Waals surface area contributed by atoms with Crippen molar-refractivity contribution in [3.8, 4) is 0 Å². The lowest BCUT2D eigenvalue weighted by Gasteiger charge is -2.20. The first kappa shape index (κ1) is 19.8. The molecule has 0 bridgehead atoms. The van der Waals surface area contributed by atoms with Gasteiger partial charge in [0.25, 0.3) is 5.91 Å². The molecule has 4 rings (SSSR count). The molecule has 6 nitrogen and oxygen atoms in total. The van der Waals surface area contributed by atoms with Crippen LogP contribution in [0.2, 0.25) is 0 Å². The quantitative estimate of drug-likeness (QED) is 0.629. The zero-order valence-electron chi connectivity index (χ0n) is 15.8. The van der Waals surface area contributed by atoms with Crippen LogP contribution in [0.25, 0.3) is 0 Å². The van der Waals surface area contributed by atoms with Crippen molar-refractivity contribution in [1.82, 2.24) is 5.01 Å². The fourth-order valence-corrected chi connectivity index (χ4v) is 5.52. The lowest BCUT2D eigenvalue weighted by Crippen LogP contribution is -2.26. The first-order valence-electron chi connectivity index (χ1n) is 8.88. The van der Waals surface area contributed by atoms with E-state index in [9.17, 15) is 13.2 Å². The number of carbonyl (C=O) groups excluding carboxylic acids is 1. The third-order valence-corrected chi connectivity index (χ3v) is 7.14. The van der Waals surface area contributed by atoms with Gasteiger partial charge in [0, 0.05) is 17.0 Å². The van der Waals surface area contributed by atoms with E-state index in [4.69, 9.17) is 0 Å². The second-order valence-electron chi connectivity index (χ2n) is 6.82. The van der Waals surface area contributed by atoms with Crippen LogP contribution < -0.4 is 4.72 Å². The standard InChI is InChI=1S/C20H19N3O3S3/c1-13-8-10-28-19(13)17-12-16(21-23(17)20(24)18-7-4-9-27-18)14-5-3-6-15(11-14)22-29(2,25)26/h3-11,17,22H,12H2,1-2H3/t17-/m0/s1. The molecular weight excluding hydrogens is 426 g/mol. The lowest BCUT2D eigenvalue weighted by molar-refractivity contribution is 0.0718. The number of hydrogen-bond acceptors (Lipinski definition) is 6. The van der Waals surface area contributed by atoms with Crippen molar-refractivity contribution in [1.29, 1.82) is 0 Å². The molecule has 1 aliphatic heterocycles. The van der Waals surface area contributed by atoms with Crippen LogP contribution in [0.1, 0.15) is 38.1 Å². The highest BCUT2D eigenvalue weighted by molar-refractivity contribution is 7.92. The Morgan fingerprint density at radius 3 is 2.66 bits per heavy atom. The number of amides is 1. The number of sulfonamides is 1. The van der Waals surface area contributed by atoms with Crippen molar-refractivity contribution in [2.24, 2.45) is 5.10 Å². The van der Waals surface area contributed by atoms with Gasteiger partial charge in [-0.05, 0) is 53.1 Å². The third-order valence-electron chi connectivity index (χ3n) is 4.55. The first-order valence-corrected chi connectivity index (χ1v) is 12.5. The predicted molar refractivity (Wildman–Crippen MR) is 118 cm³/mol. The molecule has 3 aromatic rings. The summed E-state index contributed by atoms with van der Waals surface area (Å²) < 4.78 is 25.6. The van der Waals surface area contributed by atoms with Gasteiger partial charge in [-0.15, -0.1) is 22.7 Å². The van der Waals surface area contributed by atoms with E-state index in [0.29, 0.717) is 17.0 Å². The number of hydrogen-bond donors (Lipinski definition) is 1. The van der Waals surface area contributed by atoms with E-state index >= 15 is 0 Å². The average molecular weight is 446 g/mol. The van der Waals surface area contributed by atoms with E-state index in [0.717, 1.165) is 28.0 Å². The molecule has 29 heavy (non-hydrogen) atoms. The topological polar surface area (TPSA) is 78.8 Å². The maximum Gasteiger partial charge on any atom is 0.284 e. The number of aryl methyl sites for hydroxylation is 1. The normalized spacial score (nSPS) is 16.7. The van der Waals surface area contributed by atoms with Crippen molar-refractivity contribution < 1.29 is 13.2 Å². The van der Waals surface area contributed by atoms with Gasteiger partial charge in [-0.1, -0.05) is 18.2 Å². The maximum absolute atomic E-state index is 13.1. The molecule has 0 saturated carbocycles. The van der Waals surface area contributed by atoms with Gasteiger partial charge in [-0.3, -0.25) is 9.52 Å². The summed E-state index contributed by atoms with van der Waals surface area (Å²) in [5.74, 6) is -0.127. The van der Waals surface area contributed by atoms with Crippen molar-refractivity contribution in [3.05, 3.63) is 74.1 Å². The number of rotatable bonds is 5. The summed E-state index contributed by atoms with van der Waals surface area (Å²) in [5.41, 5.74) is 3.15. The summed E-state index contributed by atoms with van der Waals surface area (Å²) in [6, 6.07) is 12.6. The number of carbonyl (C=O) groups is 1. The predicted octanol–water partition coefficient (Wildman–Crippen LogP) is 4.48. The fraction of sp³-hybridized carbons (Fsp3) is 0.200. The molecule has 1 aromatic carbocycles. The van der Waals surface area contributed by atoms with Gasteiger partial charge in [-0.2, -0.15) is 5.10 Å². The summed E-state index contributed by atoms with van der Waals surface area (Å²) in [7, 11) is -3.37. The average Bonchev–Trinajstić information content (AvgIpc) is 3.40. The Bertz CT molecular complexity index is 1180. The highest BCUT2D eigenvalue weighted by Gasteiger charge is 2.35. The zero-order chi connectivity index (χ0) is 20.6. The summed E-state index contributed by atoms with van der Waals surface area (Å²) in [4.78, 5) is 14.8. The summed E-state index contributed by atoms with van der Waals surface area (Å²) in [6.45, 7) is 2.04. The minimum atomic E-state index is -3.37. The lowest BCUT2D eigenvalue weighted by atomic mass is 10.0. The Balaban J connectivity index is 1.71. The van der Waals surface area contributed by atoms with Crippen molar-refractivity contribution in [2.45, 2.75) is 19.4 Å². The Kier molecular flexibility index (Phi) is 5.28. The molecule has 0 spiro atoms. The van der Waals surface area contributed by atoms with Crippen molar-refractivity contribution in [2.75, 3.05) is 11.0 Å². The van der Waals surface area contributed by atoms with Crippen molar-refractivity contribution in [3.63, 3.8) is 0 Å². The second-order valence-corrected chi connectivity index (χ2v) is 10.5. The highest BCUT2D eigenvalue weighted by Crippen LogP contribution is 2.38.